The number of rotatable bonds is 5. The molecule has 0 saturated carbocycles. The molecule has 1 saturated heterocycles. The zero-order chi connectivity index (χ0) is 17.0. The zero-order valence-corrected chi connectivity index (χ0v) is 13.7. The molecule has 1 heterocycles. The number of aromatic hydroxyl groups is 1. The molecule has 0 unspecified atom stereocenters. The fourth-order valence-corrected chi connectivity index (χ4v) is 3.07. The summed E-state index contributed by atoms with van der Waals surface area (Å²) in [5, 5.41) is 9.50. The SMILES string of the molecule is CCN(CC)C(=O)[C@@H]1C[C@H](N)CN1C(=O)Cc1cccc(O)c1. The van der Waals surface area contributed by atoms with E-state index in [0.29, 0.717) is 26.1 Å². The summed E-state index contributed by atoms with van der Waals surface area (Å²) in [5.41, 5.74) is 6.71. The number of hydrogen-bond acceptors (Lipinski definition) is 4. The molecule has 1 fully saturated rings. The summed E-state index contributed by atoms with van der Waals surface area (Å²) in [6.07, 6.45) is 0.657. The summed E-state index contributed by atoms with van der Waals surface area (Å²) >= 11 is 0. The summed E-state index contributed by atoms with van der Waals surface area (Å²) < 4.78 is 0. The fraction of sp³-hybridized carbons (Fsp3) is 0.529. The summed E-state index contributed by atoms with van der Waals surface area (Å²) in [4.78, 5) is 28.5. The van der Waals surface area contributed by atoms with Crippen LogP contribution in [0.5, 0.6) is 5.75 Å². The van der Waals surface area contributed by atoms with Gasteiger partial charge in [0, 0.05) is 25.7 Å². The summed E-state index contributed by atoms with van der Waals surface area (Å²) in [7, 11) is 0. The van der Waals surface area contributed by atoms with Gasteiger partial charge in [0.15, 0.2) is 0 Å². The molecule has 6 heteroatoms. The van der Waals surface area contributed by atoms with Crippen molar-refractivity contribution in [1.29, 1.82) is 0 Å². The van der Waals surface area contributed by atoms with E-state index in [1.54, 1.807) is 34.1 Å². The van der Waals surface area contributed by atoms with E-state index >= 15 is 0 Å². The first-order valence-electron chi connectivity index (χ1n) is 8.08. The number of carbonyl (C=O) groups excluding carboxylic acids is 2. The monoisotopic (exact) mass is 319 g/mol. The molecule has 126 valence electrons. The molecule has 2 amide bonds. The second-order valence-electron chi connectivity index (χ2n) is 5.91. The Balaban J connectivity index is 2.12. The lowest BCUT2D eigenvalue weighted by Crippen LogP contribution is -2.48. The minimum absolute atomic E-state index is 0.0350. The van der Waals surface area contributed by atoms with E-state index in [4.69, 9.17) is 5.73 Å². The van der Waals surface area contributed by atoms with Crippen LogP contribution in [-0.4, -0.2) is 58.4 Å². The van der Waals surface area contributed by atoms with E-state index in [1.807, 2.05) is 13.8 Å². The van der Waals surface area contributed by atoms with E-state index < -0.39 is 6.04 Å². The Hall–Kier alpha value is -2.08. The number of phenols is 1. The quantitative estimate of drug-likeness (QED) is 0.838. The van der Waals surface area contributed by atoms with Gasteiger partial charge in [0.1, 0.15) is 11.8 Å². The lowest BCUT2D eigenvalue weighted by Gasteiger charge is -2.29. The van der Waals surface area contributed by atoms with Gasteiger partial charge in [0.05, 0.1) is 6.42 Å². The highest BCUT2D eigenvalue weighted by atomic mass is 16.3. The van der Waals surface area contributed by atoms with Crippen molar-refractivity contribution >= 4 is 11.8 Å². The van der Waals surface area contributed by atoms with Gasteiger partial charge < -0.3 is 20.6 Å². The van der Waals surface area contributed by atoms with Crippen molar-refractivity contribution in [3.8, 4) is 5.75 Å². The third-order valence-corrected chi connectivity index (χ3v) is 4.28. The molecule has 0 spiro atoms. The van der Waals surface area contributed by atoms with E-state index in [-0.39, 0.29) is 30.0 Å². The first kappa shape index (κ1) is 17.3. The number of likely N-dealkylation sites (tertiary alicyclic amines) is 1. The number of amides is 2. The van der Waals surface area contributed by atoms with Crippen LogP contribution < -0.4 is 5.73 Å². The predicted molar refractivity (Wildman–Crippen MR) is 87.8 cm³/mol. The second kappa shape index (κ2) is 7.46. The lowest BCUT2D eigenvalue weighted by atomic mass is 10.1. The van der Waals surface area contributed by atoms with Gasteiger partial charge in [0.2, 0.25) is 11.8 Å². The maximum Gasteiger partial charge on any atom is 0.245 e. The van der Waals surface area contributed by atoms with Crippen molar-refractivity contribution in [2.75, 3.05) is 19.6 Å². The van der Waals surface area contributed by atoms with E-state index in [0.717, 1.165) is 5.56 Å². The molecule has 1 aliphatic rings. The Kier molecular flexibility index (Phi) is 5.60. The second-order valence-corrected chi connectivity index (χ2v) is 5.91. The zero-order valence-electron chi connectivity index (χ0n) is 13.7. The molecule has 0 aliphatic carbocycles. The summed E-state index contributed by atoms with van der Waals surface area (Å²) in [6, 6.07) is 5.96. The Morgan fingerprint density at radius 3 is 2.65 bits per heavy atom. The van der Waals surface area contributed by atoms with Crippen molar-refractivity contribution in [3.05, 3.63) is 29.8 Å². The van der Waals surface area contributed by atoms with Crippen molar-refractivity contribution in [3.63, 3.8) is 0 Å². The van der Waals surface area contributed by atoms with Crippen LogP contribution in [0.25, 0.3) is 0 Å². The largest absolute Gasteiger partial charge is 0.508 e. The van der Waals surface area contributed by atoms with Gasteiger partial charge in [-0.1, -0.05) is 12.1 Å². The van der Waals surface area contributed by atoms with E-state index in [2.05, 4.69) is 0 Å². The van der Waals surface area contributed by atoms with E-state index in [1.165, 1.54) is 0 Å². The first-order chi connectivity index (χ1) is 11.0. The van der Waals surface area contributed by atoms with Gasteiger partial charge in [-0.3, -0.25) is 9.59 Å². The summed E-state index contributed by atoms with van der Waals surface area (Å²) in [6.45, 7) is 5.49. The molecule has 2 rings (SSSR count). The Morgan fingerprint density at radius 1 is 1.35 bits per heavy atom. The van der Waals surface area contributed by atoms with Crippen LogP contribution in [0.1, 0.15) is 25.8 Å². The smallest absolute Gasteiger partial charge is 0.245 e. The number of nitrogens with two attached hydrogens (primary N) is 1. The molecule has 0 bridgehead atoms. The van der Waals surface area contributed by atoms with Crippen LogP contribution in [-0.2, 0) is 16.0 Å². The fourth-order valence-electron chi connectivity index (χ4n) is 3.07. The Labute approximate surface area is 136 Å². The third kappa shape index (κ3) is 4.01. The number of nitrogens with zero attached hydrogens (tertiary/aromatic N) is 2. The van der Waals surface area contributed by atoms with Crippen molar-refractivity contribution < 1.29 is 14.7 Å². The number of likely N-dealkylation sites (N-methyl/N-ethyl adjacent to an activating group) is 1. The molecule has 3 N–H and O–H groups in total. The molecule has 1 aliphatic heterocycles. The Morgan fingerprint density at radius 2 is 2.04 bits per heavy atom. The van der Waals surface area contributed by atoms with Gasteiger partial charge in [-0.25, -0.2) is 0 Å². The average Bonchev–Trinajstić information content (AvgIpc) is 2.90. The van der Waals surface area contributed by atoms with Gasteiger partial charge in [0.25, 0.3) is 0 Å². The molecule has 6 nitrogen and oxygen atoms in total. The highest BCUT2D eigenvalue weighted by Crippen LogP contribution is 2.21. The third-order valence-electron chi connectivity index (χ3n) is 4.28. The van der Waals surface area contributed by atoms with Crippen molar-refractivity contribution in [2.24, 2.45) is 5.73 Å². The lowest BCUT2D eigenvalue weighted by molar-refractivity contribution is -0.143. The number of benzene rings is 1. The topological polar surface area (TPSA) is 86.9 Å². The predicted octanol–water partition coefficient (Wildman–Crippen LogP) is 0.731. The summed E-state index contributed by atoms with van der Waals surface area (Å²) in [5.74, 6) is -0.0366. The van der Waals surface area contributed by atoms with Crippen molar-refractivity contribution in [2.45, 2.75) is 38.8 Å². The molecular weight excluding hydrogens is 294 g/mol. The van der Waals surface area contributed by atoms with Gasteiger partial charge in [-0.05, 0) is 38.0 Å². The maximum absolute atomic E-state index is 12.6. The molecule has 0 aromatic heterocycles. The molecule has 0 radical (unpaired) electrons. The standard InChI is InChI=1S/C17H25N3O3/c1-3-19(4-2)17(23)15-10-13(18)11-20(15)16(22)9-12-6-5-7-14(21)8-12/h5-8,13,15,21H,3-4,9-11,18H2,1-2H3/t13-,15-/m0/s1. The van der Waals surface area contributed by atoms with Crippen LogP contribution in [0.2, 0.25) is 0 Å². The van der Waals surface area contributed by atoms with E-state index in [9.17, 15) is 14.7 Å². The Bertz CT molecular complexity index is 572. The minimum Gasteiger partial charge on any atom is -0.508 e. The molecule has 23 heavy (non-hydrogen) atoms. The highest BCUT2D eigenvalue weighted by molar-refractivity contribution is 5.89. The van der Waals surface area contributed by atoms with Crippen molar-refractivity contribution in [1.82, 2.24) is 9.80 Å². The number of carbonyl (C=O) groups is 2. The average molecular weight is 319 g/mol. The first-order valence-corrected chi connectivity index (χ1v) is 8.08. The number of phenolic OH excluding ortho intramolecular Hbond substituents is 1. The van der Waals surface area contributed by atoms with Crippen LogP contribution in [0.15, 0.2) is 24.3 Å². The number of hydrogen-bond donors (Lipinski definition) is 2. The minimum atomic E-state index is -0.477. The maximum atomic E-state index is 12.6. The molecule has 1 aromatic carbocycles. The highest BCUT2D eigenvalue weighted by Gasteiger charge is 2.39. The molecule has 2 atom stereocenters. The van der Waals surface area contributed by atoms with Gasteiger partial charge in [-0.2, -0.15) is 0 Å². The normalized spacial score (nSPS) is 20.6. The van der Waals surface area contributed by atoms with Crippen LogP contribution in [0, 0.1) is 0 Å². The van der Waals surface area contributed by atoms with Gasteiger partial charge in [-0.15, -0.1) is 0 Å². The molecule has 1 aromatic rings. The van der Waals surface area contributed by atoms with Crippen LogP contribution >= 0.6 is 0 Å². The molecular formula is C17H25N3O3. The van der Waals surface area contributed by atoms with Gasteiger partial charge >= 0.3 is 0 Å². The van der Waals surface area contributed by atoms with Crippen LogP contribution in [0.3, 0.4) is 0 Å². The van der Waals surface area contributed by atoms with Crippen LogP contribution in [0.4, 0.5) is 0 Å².